The highest BCUT2D eigenvalue weighted by molar-refractivity contribution is 5.92. The fraction of sp³-hybridized carbons (Fsp3) is 0.167. The van der Waals surface area contributed by atoms with Crippen molar-refractivity contribution in [3.05, 3.63) is 53.6 Å². The molecule has 2 aromatic carbocycles. The number of carbonyl (C=O) groups excluding carboxylic acids is 2. The van der Waals surface area contributed by atoms with E-state index in [1.807, 2.05) is 31.2 Å². The van der Waals surface area contributed by atoms with Crippen LogP contribution >= 0.6 is 0 Å². The molecule has 0 bridgehead atoms. The Labute approximate surface area is 151 Å². The minimum absolute atomic E-state index is 0.165. The van der Waals surface area contributed by atoms with E-state index in [0.29, 0.717) is 17.1 Å². The first-order valence-corrected chi connectivity index (χ1v) is 7.74. The predicted octanol–water partition coefficient (Wildman–Crippen LogP) is 2.02. The topological polar surface area (TPSA) is 115 Å². The molecule has 8 nitrogen and oxygen atoms in total. The molecule has 0 aromatic heterocycles. The monoisotopic (exact) mass is 356 g/mol. The van der Waals surface area contributed by atoms with Gasteiger partial charge in [-0.3, -0.25) is 4.79 Å². The number of anilines is 1. The number of carbonyl (C=O) groups is 2. The van der Waals surface area contributed by atoms with Gasteiger partial charge in [-0.05, 0) is 42.3 Å². The van der Waals surface area contributed by atoms with Crippen LogP contribution in [0, 0.1) is 6.92 Å². The maximum atomic E-state index is 12.1. The van der Waals surface area contributed by atoms with E-state index in [1.54, 1.807) is 18.2 Å². The number of urea groups is 1. The molecule has 0 aliphatic carbocycles. The summed E-state index contributed by atoms with van der Waals surface area (Å²) >= 11 is 0. The standard InChI is InChI=1S/C18H20N4O4/c1-12-5-3-4-6-14(12)21-17(23)11-26-15-8-7-13(9-16(15)25-2)10-20-22-18(19)24/h3-10H,11H2,1-2H3,(H,21,23)(H3,19,22,24)/b20-10-. The van der Waals surface area contributed by atoms with Crippen LogP contribution in [0.1, 0.15) is 11.1 Å². The number of amides is 3. The molecule has 0 atom stereocenters. The van der Waals surface area contributed by atoms with E-state index in [0.717, 1.165) is 11.3 Å². The highest BCUT2D eigenvalue weighted by Gasteiger charge is 2.09. The summed E-state index contributed by atoms with van der Waals surface area (Å²) in [6, 6.07) is 11.7. The highest BCUT2D eigenvalue weighted by Crippen LogP contribution is 2.27. The number of aryl methyl sites for hydroxylation is 1. The van der Waals surface area contributed by atoms with Gasteiger partial charge in [-0.1, -0.05) is 18.2 Å². The van der Waals surface area contributed by atoms with Crippen molar-refractivity contribution in [1.29, 1.82) is 0 Å². The molecule has 0 heterocycles. The van der Waals surface area contributed by atoms with Crippen LogP contribution < -0.4 is 25.9 Å². The van der Waals surface area contributed by atoms with Gasteiger partial charge in [-0.2, -0.15) is 5.10 Å². The lowest BCUT2D eigenvalue weighted by atomic mass is 10.2. The summed E-state index contributed by atoms with van der Waals surface area (Å²) < 4.78 is 10.8. The predicted molar refractivity (Wildman–Crippen MR) is 98.6 cm³/mol. The first-order chi connectivity index (χ1) is 12.5. The zero-order chi connectivity index (χ0) is 18.9. The summed E-state index contributed by atoms with van der Waals surface area (Å²) in [5, 5.41) is 6.46. The van der Waals surface area contributed by atoms with Gasteiger partial charge in [0, 0.05) is 5.69 Å². The minimum Gasteiger partial charge on any atom is -0.493 e. The van der Waals surface area contributed by atoms with Gasteiger partial charge in [-0.15, -0.1) is 0 Å². The summed E-state index contributed by atoms with van der Waals surface area (Å²) in [4.78, 5) is 22.6. The molecular formula is C18H20N4O4. The molecule has 0 saturated heterocycles. The molecule has 0 unspecified atom stereocenters. The molecule has 2 rings (SSSR count). The average Bonchev–Trinajstić information content (AvgIpc) is 2.62. The van der Waals surface area contributed by atoms with Gasteiger partial charge in [0.25, 0.3) is 5.91 Å². The molecule has 136 valence electrons. The Morgan fingerprint density at radius 2 is 1.96 bits per heavy atom. The molecule has 3 amide bonds. The summed E-state index contributed by atoms with van der Waals surface area (Å²) in [6.07, 6.45) is 1.40. The third-order valence-electron chi connectivity index (χ3n) is 3.35. The molecular weight excluding hydrogens is 336 g/mol. The van der Waals surface area contributed by atoms with Gasteiger partial charge in [-0.25, -0.2) is 10.2 Å². The Kier molecular flexibility index (Phi) is 6.55. The maximum absolute atomic E-state index is 12.1. The number of rotatable bonds is 7. The molecule has 0 spiro atoms. The van der Waals surface area contributed by atoms with Crippen LogP contribution in [0.4, 0.5) is 10.5 Å². The van der Waals surface area contributed by atoms with Crippen LogP contribution in [0.3, 0.4) is 0 Å². The fourth-order valence-corrected chi connectivity index (χ4v) is 2.10. The lowest BCUT2D eigenvalue weighted by Crippen LogP contribution is -2.24. The molecule has 0 aliphatic heterocycles. The summed E-state index contributed by atoms with van der Waals surface area (Å²) in [5.74, 6) is 0.557. The van der Waals surface area contributed by atoms with Crippen molar-refractivity contribution in [2.45, 2.75) is 6.92 Å². The molecule has 0 fully saturated rings. The number of nitrogens with one attached hydrogen (secondary N) is 2. The smallest absolute Gasteiger partial charge is 0.332 e. The number of hydrogen-bond donors (Lipinski definition) is 3. The number of methoxy groups -OCH3 is 1. The van der Waals surface area contributed by atoms with Crippen molar-refractivity contribution in [2.24, 2.45) is 10.8 Å². The number of para-hydroxylation sites is 1. The zero-order valence-corrected chi connectivity index (χ0v) is 14.5. The number of nitrogens with two attached hydrogens (primary N) is 1. The van der Waals surface area contributed by atoms with Gasteiger partial charge in [0.1, 0.15) is 0 Å². The molecule has 26 heavy (non-hydrogen) atoms. The average molecular weight is 356 g/mol. The third-order valence-corrected chi connectivity index (χ3v) is 3.35. The lowest BCUT2D eigenvalue weighted by molar-refractivity contribution is -0.118. The van der Waals surface area contributed by atoms with Gasteiger partial charge < -0.3 is 20.5 Å². The van der Waals surface area contributed by atoms with Crippen LogP contribution in [0.5, 0.6) is 11.5 Å². The Morgan fingerprint density at radius 3 is 2.65 bits per heavy atom. The van der Waals surface area contributed by atoms with Crippen LogP contribution in [0.15, 0.2) is 47.6 Å². The van der Waals surface area contributed by atoms with Gasteiger partial charge >= 0.3 is 6.03 Å². The summed E-state index contributed by atoms with van der Waals surface area (Å²) in [7, 11) is 1.48. The van der Waals surface area contributed by atoms with Gasteiger partial charge in [0.15, 0.2) is 18.1 Å². The van der Waals surface area contributed by atoms with E-state index in [2.05, 4.69) is 15.8 Å². The SMILES string of the molecule is COc1cc(/C=N\NC(N)=O)ccc1OCC(=O)Nc1ccccc1C. The number of hydrazone groups is 1. The second kappa shape index (κ2) is 9.07. The number of primary amides is 1. The van der Waals surface area contributed by atoms with Crippen LogP contribution in [0.2, 0.25) is 0 Å². The first kappa shape index (κ1) is 18.8. The Morgan fingerprint density at radius 1 is 1.19 bits per heavy atom. The largest absolute Gasteiger partial charge is 0.493 e. The van der Waals surface area contributed by atoms with Crippen LogP contribution in [-0.4, -0.2) is 31.9 Å². The van der Waals surface area contributed by atoms with Crippen molar-refractivity contribution < 1.29 is 19.1 Å². The third kappa shape index (κ3) is 5.52. The molecule has 8 heteroatoms. The van der Waals surface area contributed by atoms with Crippen molar-refractivity contribution in [3.8, 4) is 11.5 Å². The lowest BCUT2D eigenvalue weighted by Gasteiger charge is -2.12. The second-order valence-corrected chi connectivity index (χ2v) is 5.30. The highest BCUT2D eigenvalue weighted by atomic mass is 16.5. The molecule has 2 aromatic rings. The minimum atomic E-state index is -0.757. The van der Waals surface area contributed by atoms with Gasteiger partial charge in [0.2, 0.25) is 0 Å². The van der Waals surface area contributed by atoms with Crippen molar-refractivity contribution >= 4 is 23.8 Å². The van der Waals surface area contributed by atoms with Crippen molar-refractivity contribution in [3.63, 3.8) is 0 Å². The Balaban J connectivity index is 1.98. The van der Waals surface area contributed by atoms with Crippen molar-refractivity contribution in [1.82, 2.24) is 5.43 Å². The maximum Gasteiger partial charge on any atom is 0.332 e. The molecule has 4 N–H and O–H groups in total. The fourth-order valence-electron chi connectivity index (χ4n) is 2.10. The van der Waals surface area contributed by atoms with E-state index >= 15 is 0 Å². The van der Waals surface area contributed by atoms with E-state index in [-0.39, 0.29) is 12.5 Å². The number of nitrogens with zero attached hydrogens (tertiary/aromatic N) is 1. The summed E-state index contributed by atoms with van der Waals surface area (Å²) in [5.41, 5.74) is 9.38. The Bertz CT molecular complexity index is 821. The number of benzene rings is 2. The molecule has 0 aliphatic rings. The molecule has 0 saturated carbocycles. The normalized spacial score (nSPS) is 10.4. The van der Waals surface area contributed by atoms with Crippen LogP contribution in [0.25, 0.3) is 0 Å². The second-order valence-electron chi connectivity index (χ2n) is 5.30. The molecule has 0 radical (unpaired) electrons. The van der Waals surface area contributed by atoms with E-state index in [9.17, 15) is 9.59 Å². The van der Waals surface area contributed by atoms with Crippen molar-refractivity contribution in [2.75, 3.05) is 19.0 Å². The number of hydrogen-bond acceptors (Lipinski definition) is 5. The number of ether oxygens (including phenoxy) is 2. The van der Waals surface area contributed by atoms with Crippen LogP contribution in [-0.2, 0) is 4.79 Å². The van der Waals surface area contributed by atoms with E-state index < -0.39 is 6.03 Å². The quantitative estimate of drug-likeness (QED) is 0.520. The first-order valence-electron chi connectivity index (χ1n) is 7.74. The van der Waals surface area contributed by atoms with E-state index in [4.69, 9.17) is 15.2 Å². The van der Waals surface area contributed by atoms with Gasteiger partial charge in [0.05, 0.1) is 13.3 Å². The summed E-state index contributed by atoms with van der Waals surface area (Å²) in [6.45, 7) is 1.74. The zero-order valence-electron chi connectivity index (χ0n) is 14.5. The Hall–Kier alpha value is -3.55. The van der Waals surface area contributed by atoms with E-state index in [1.165, 1.54) is 13.3 Å².